The van der Waals surface area contributed by atoms with Gasteiger partial charge in [0, 0.05) is 18.9 Å². The molecule has 6 heteroatoms. The molecule has 20 heavy (non-hydrogen) atoms. The first-order chi connectivity index (χ1) is 9.63. The lowest BCUT2D eigenvalue weighted by atomic mass is 10.1. The van der Waals surface area contributed by atoms with E-state index < -0.39 is 6.09 Å². The van der Waals surface area contributed by atoms with Crippen molar-refractivity contribution in [2.45, 2.75) is 6.54 Å². The molecule has 2 heterocycles. The van der Waals surface area contributed by atoms with Crippen LogP contribution in [0, 0.1) is 5.82 Å². The van der Waals surface area contributed by atoms with Crippen molar-refractivity contribution in [3.05, 3.63) is 59.8 Å². The van der Waals surface area contributed by atoms with Crippen LogP contribution in [0.5, 0.6) is 0 Å². The van der Waals surface area contributed by atoms with E-state index in [4.69, 9.17) is 5.11 Å². The fourth-order valence-electron chi connectivity index (χ4n) is 2.16. The number of allylic oxidation sites excluding steroid dienone is 1. The molecule has 0 aromatic heterocycles. The van der Waals surface area contributed by atoms with Crippen molar-refractivity contribution >= 4 is 11.8 Å². The van der Waals surface area contributed by atoms with Crippen molar-refractivity contribution in [1.82, 2.24) is 9.80 Å². The lowest BCUT2D eigenvalue weighted by Crippen LogP contribution is -2.28. The van der Waals surface area contributed by atoms with Crippen molar-refractivity contribution < 1.29 is 14.3 Å². The average Bonchev–Trinajstić information content (AvgIpc) is 2.84. The Morgan fingerprint density at radius 1 is 1.35 bits per heavy atom. The van der Waals surface area contributed by atoms with Crippen LogP contribution in [0.2, 0.25) is 0 Å². The van der Waals surface area contributed by atoms with Crippen molar-refractivity contribution in [3.63, 3.8) is 0 Å². The maximum Gasteiger partial charge on any atom is 0.415 e. The van der Waals surface area contributed by atoms with Crippen LogP contribution < -0.4 is 0 Å². The third-order valence-corrected chi connectivity index (χ3v) is 3.18. The number of hydrogen-bond acceptors (Lipinski definition) is 3. The Labute approximate surface area is 114 Å². The largest absolute Gasteiger partial charge is 0.464 e. The normalized spacial score (nSPS) is 16.9. The highest BCUT2D eigenvalue weighted by Gasteiger charge is 2.25. The number of hydrogen-bond donors (Lipinski definition) is 1. The first-order valence-corrected chi connectivity index (χ1v) is 6.09. The summed E-state index contributed by atoms with van der Waals surface area (Å²) in [6.45, 7) is 1.02. The molecule has 0 atom stereocenters. The van der Waals surface area contributed by atoms with Gasteiger partial charge in [-0.2, -0.15) is 0 Å². The molecule has 0 unspecified atom stereocenters. The third kappa shape index (κ3) is 2.27. The smallest absolute Gasteiger partial charge is 0.415 e. The molecule has 0 spiro atoms. The Balaban J connectivity index is 1.79. The number of amides is 1. The SMILES string of the molecule is O=C(O)N1C=CC2=NCN(Cc3ccc(F)cc3)C2=C1. The highest BCUT2D eigenvalue weighted by atomic mass is 19.1. The predicted molar refractivity (Wildman–Crippen MR) is 71.3 cm³/mol. The summed E-state index contributed by atoms with van der Waals surface area (Å²) in [6.07, 6.45) is 3.64. The molecule has 1 N–H and O–H groups in total. The van der Waals surface area contributed by atoms with E-state index in [1.807, 2.05) is 4.90 Å². The van der Waals surface area contributed by atoms with Gasteiger partial charge in [-0.15, -0.1) is 0 Å². The number of nitrogens with zero attached hydrogens (tertiary/aromatic N) is 3. The van der Waals surface area contributed by atoms with Gasteiger partial charge in [0.05, 0.1) is 11.4 Å². The summed E-state index contributed by atoms with van der Waals surface area (Å²) in [5.41, 5.74) is 2.48. The summed E-state index contributed by atoms with van der Waals surface area (Å²) < 4.78 is 12.9. The van der Waals surface area contributed by atoms with Gasteiger partial charge in [-0.3, -0.25) is 9.89 Å². The Morgan fingerprint density at radius 3 is 2.80 bits per heavy atom. The second kappa shape index (κ2) is 4.80. The van der Waals surface area contributed by atoms with Crippen LogP contribution in [-0.4, -0.2) is 33.4 Å². The van der Waals surface area contributed by atoms with Gasteiger partial charge in [0.1, 0.15) is 12.5 Å². The fraction of sp³-hybridized carbons (Fsp3) is 0.143. The second-order valence-corrected chi connectivity index (χ2v) is 4.53. The van der Waals surface area contributed by atoms with Crippen molar-refractivity contribution in [1.29, 1.82) is 0 Å². The Hall–Kier alpha value is -2.63. The minimum absolute atomic E-state index is 0.274. The van der Waals surface area contributed by atoms with Gasteiger partial charge < -0.3 is 10.0 Å². The third-order valence-electron chi connectivity index (χ3n) is 3.18. The van der Waals surface area contributed by atoms with Gasteiger partial charge in [-0.25, -0.2) is 9.18 Å². The molecule has 1 aromatic carbocycles. The molecule has 2 aliphatic rings. The number of aliphatic imine (C=N–C) groups is 1. The molecule has 0 bridgehead atoms. The zero-order valence-corrected chi connectivity index (χ0v) is 10.5. The van der Waals surface area contributed by atoms with Crippen LogP contribution in [-0.2, 0) is 6.54 Å². The predicted octanol–water partition coefficient (Wildman–Crippen LogP) is 2.39. The lowest BCUT2D eigenvalue weighted by Gasteiger charge is -2.23. The first-order valence-electron chi connectivity index (χ1n) is 6.09. The van der Waals surface area contributed by atoms with E-state index in [-0.39, 0.29) is 5.82 Å². The summed E-state index contributed by atoms with van der Waals surface area (Å²) in [4.78, 5) is 18.4. The van der Waals surface area contributed by atoms with E-state index in [2.05, 4.69) is 4.99 Å². The van der Waals surface area contributed by atoms with Crippen LogP contribution in [0.15, 0.2) is 53.4 Å². The summed E-state index contributed by atoms with van der Waals surface area (Å²) in [7, 11) is 0. The number of carbonyl (C=O) groups is 1. The van der Waals surface area contributed by atoms with Gasteiger partial charge in [0.2, 0.25) is 0 Å². The van der Waals surface area contributed by atoms with Crippen LogP contribution >= 0.6 is 0 Å². The Kier molecular flexibility index (Phi) is 2.98. The summed E-state index contributed by atoms with van der Waals surface area (Å²) in [6, 6.07) is 6.24. The summed E-state index contributed by atoms with van der Waals surface area (Å²) in [5.74, 6) is -0.274. The molecule has 2 aliphatic heterocycles. The molecule has 1 amide bonds. The average molecular weight is 273 g/mol. The first kappa shape index (κ1) is 12.4. The zero-order chi connectivity index (χ0) is 14.1. The standard InChI is InChI=1S/C14H12FN3O2/c15-11-3-1-10(2-4-11)7-18-9-16-12-5-6-17(14(19)20)8-13(12)18/h1-6,8H,7,9H2,(H,19,20). The lowest BCUT2D eigenvalue weighted by molar-refractivity contribution is 0.174. The Bertz CT molecular complexity index is 634. The maximum absolute atomic E-state index is 12.9. The van der Waals surface area contributed by atoms with E-state index >= 15 is 0 Å². The summed E-state index contributed by atoms with van der Waals surface area (Å²) >= 11 is 0. The topological polar surface area (TPSA) is 56.1 Å². The van der Waals surface area contributed by atoms with Crippen LogP contribution in [0.1, 0.15) is 5.56 Å². The van der Waals surface area contributed by atoms with E-state index in [0.717, 1.165) is 21.9 Å². The molecule has 0 saturated heterocycles. The molecule has 0 aliphatic carbocycles. The van der Waals surface area contributed by atoms with Crippen LogP contribution in [0.25, 0.3) is 0 Å². The van der Waals surface area contributed by atoms with Gasteiger partial charge in [0.25, 0.3) is 0 Å². The van der Waals surface area contributed by atoms with Crippen molar-refractivity contribution in [3.8, 4) is 0 Å². The monoisotopic (exact) mass is 273 g/mol. The molecule has 0 fully saturated rings. The number of rotatable bonds is 2. The number of benzene rings is 1. The van der Waals surface area contributed by atoms with Crippen molar-refractivity contribution in [2.24, 2.45) is 4.99 Å². The maximum atomic E-state index is 12.9. The van der Waals surface area contributed by atoms with E-state index in [9.17, 15) is 9.18 Å². The van der Waals surface area contributed by atoms with E-state index in [0.29, 0.717) is 13.2 Å². The minimum atomic E-state index is -1.04. The molecule has 1 aromatic rings. The van der Waals surface area contributed by atoms with Gasteiger partial charge in [-0.1, -0.05) is 12.1 Å². The summed E-state index contributed by atoms with van der Waals surface area (Å²) in [5, 5.41) is 8.99. The quantitative estimate of drug-likeness (QED) is 0.900. The molecular weight excluding hydrogens is 261 g/mol. The second-order valence-electron chi connectivity index (χ2n) is 4.53. The van der Waals surface area contributed by atoms with Crippen LogP contribution in [0.3, 0.4) is 0 Å². The van der Waals surface area contributed by atoms with Gasteiger partial charge >= 0.3 is 6.09 Å². The van der Waals surface area contributed by atoms with Crippen molar-refractivity contribution in [2.75, 3.05) is 6.67 Å². The van der Waals surface area contributed by atoms with Crippen LogP contribution in [0.4, 0.5) is 9.18 Å². The fourth-order valence-corrected chi connectivity index (χ4v) is 2.16. The zero-order valence-electron chi connectivity index (χ0n) is 10.5. The minimum Gasteiger partial charge on any atom is -0.464 e. The molecule has 0 saturated carbocycles. The van der Waals surface area contributed by atoms with E-state index in [1.165, 1.54) is 24.5 Å². The Morgan fingerprint density at radius 2 is 2.10 bits per heavy atom. The molecular formula is C14H12FN3O2. The highest BCUT2D eigenvalue weighted by molar-refractivity contribution is 6.10. The van der Waals surface area contributed by atoms with Gasteiger partial charge in [-0.05, 0) is 23.8 Å². The highest BCUT2D eigenvalue weighted by Crippen LogP contribution is 2.22. The van der Waals surface area contributed by atoms with Gasteiger partial charge in [0.15, 0.2) is 0 Å². The number of fused-ring (bicyclic) bond motifs is 1. The van der Waals surface area contributed by atoms with E-state index in [1.54, 1.807) is 18.2 Å². The molecule has 0 radical (unpaired) electrons. The molecule has 3 rings (SSSR count). The number of carboxylic acid groups (broad SMARTS) is 1. The molecule has 102 valence electrons. The molecule has 5 nitrogen and oxygen atoms in total. The number of halogens is 1.